The smallest absolute Gasteiger partial charge is 0.249 e. The Kier molecular flexibility index (Phi) is 7.35. The number of aryl methyl sites for hydroxylation is 1. The summed E-state index contributed by atoms with van der Waals surface area (Å²) in [5.41, 5.74) is 3.89. The molecule has 3 aromatic carbocycles. The molecule has 0 unspecified atom stereocenters. The van der Waals surface area contributed by atoms with Crippen LogP contribution in [0.4, 0.5) is 5.69 Å². The summed E-state index contributed by atoms with van der Waals surface area (Å²) in [7, 11) is 0. The lowest BCUT2D eigenvalue weighted by atomic mass is 10.00. The summed E-state index contributed by atoms with van der Waals surface area (Å²) in [6, 6.07) is 20.0. The van der Waals surface area contributed by atoms with Gasteiger partial charge in [0, 0.05) is 17.8 Å². The summed E-state index contributed by atoms with van der Waals surface area (Å²) in [6.07, 6.45) is 4.94. The molecule has 1 N–H and O–H groups in total. The lowest BCUT2D eigenvalue weighted by Gasteiger charge is -2.33. The molecule has 0 bridgehead atoms. The molecule has 0 radical (unpaired) electrons. The predicted molar refractivity (Wildman–Crippen MR) is 151 cm³/mol. The number of amides is 2. The highest BCUT2D eigenvalue weighted by molar-refractivity contribution is 6.02. The number of benzene rings is 3. The van der Waals surface area contributed by atoms with E-state index >= 15 is 0 Å². The third-order valence-electron chi connectivity index (χ3n) is 7.69. The van der Waals surface area contributed by atoms with Gasteiger partial charge in [0.1, 0.15) is 31.3 Å². The molecule has 0 saturated heterocycles. The lowest BCUT2D eigenvalue weighted by molar-refractivity contribution is -0.127. The SMILES string of the molecule is CCc1ccc([C@H](C(=O)NC2CCCC2)N(C(=O)Cn2nnc3ccccc32)c2ccc3c(c2)OCCO3)cc1. The third-order valence-corrected chi connectivity index (χ3v) is 7.69. The molecular weight excluding hydrogens is 506 g/mol. The molecular formula is C31H33N5O4. The molecule has 1 aromatic heterocycles. The van der Waals surface area contributed by atoms with E-state index in [0.29, 0.717) is 35.9 Å². The number of hydrogen-bond acceptors (Lipinski definition) is 6. The monoisotopic (exact) mass is 539 g/mol. The van der Waals surface area contributed by atoms with Crippen LogP contribution in [0.15, 0.2) is 66.7 Å². The Labute approximate surface area is 233 Å². The molecule has 0 spiro atoms. The molecule has 1 atom stereocenters. The Morgan fingerprint density at radius 1 is 1.00 bits per heavy atom. The third kappa shape index (κ3) is 5.23. The van der Waals surface area contributed by atoms with Crippen molar-refractivity contribution in [3.8, 4) is 11.5 Å². The molecule has 4 aromatic rings. The van der Waals surface area contributed by atoms with E-state index in [0.717, 1.165) is 48.7 Å². The first-order valence-corrected chi connectivity index (χ1v) is 14.0. The van der Waals surface area contributed by atoms with E-state index in [1.807, 2.05) is 48.5 Å². The zero-order valence-corrected chi connectivity index (χ0v) is 22.6. The van der Waals surface area contributed by atoms with Crippen molar-refractivity contribution in [2.75, 3.05) is 18.1 Å². The van der Waals surface area contributed by atoms with Crippen LogP contribution in [0.5, 0.6) is 11.5 Å². The Morgan fingerprint density at radius 2 is 1.75 bits per heavy atom. The van der Waals surface area contributed by atoms with Gasteiger partial charge in [-0.15, -0.1) is 5.10 Å². The minimum atomic E-state index is -0.892. The van der Waals surface area contributed by atoms with Crippen molar-refractivity contribution in [1.29, 1.82) is 0 Å². The van der Waals surface area contributed by atoms with Crippen LogP contribution in [-0.4, -0.2) is 46.1 Å². The second-order valence-corrected chi connectivity index (χ2v) is 10.3. The highest BCUT2D eigenvalue weighted by Gasteiger charge is 2.35. The average Bonchev–Trinajstić information content (AvgIpc) is 3.66. The summed E-state index contributed by atoms with van der Waals surface area (Å²) in [5.74, 6) is 0.661. The fourth-order valence-electron chi connectivity index (χ4n) is 5.56. The van der Waals surface area contributed by atoms with Crippen LogP contribution >= 0.6 is 0 Å². The van der Waals surface area contributed by atoms with E-state index in [4.69, 9.17) is 9.47 Å². The highest BCUT2D eigenvalue weighted by atomic mass is 16.6. The fourth-order valence-corrected chi connectivity index (χ4v) is 5.56. The molecule has 1 fully saturated rings. The Morgan fingerprint density at radius 3 is 2.52 bits per heavy atom. The van der Waals surface area contributed by atoms with Gasteiger partial charge in [0.05, 0.1) is 5.52 Å². The zero-order chi connectivity index (χ0) is 27.5. The van der Waals surface area contributed by atoms with Crippen LogP contribution in [0.2, 0.25) is 0 Å². The highest BCUT2D eigenvalue weighted by Crippen LogP contribution is 2.37. The van der Waals surface area contributed by atoms with Gasteiger partial charge < -0.3 is 14.8 Å². The van der Waals surface area contributed by atoms with Gasteiger partial charge in [-0.05, 0) is 54.7 Å². The van der Waals surface area contributed by atoms with Gasteiger partial charge in [-0.2, -0.15) is 0 Å². The van der Waals surface area contributed by atoms with Crippen molar-refractivity contribution < 1.29 is 19.1 Å². The number of rotatable bonds is 8. The van der Waals surface area contributed by atoms with Crippen LogP contribution in [0.25, 0.3) is 11.0 Å². The Hall–Kier alpha value is -4.40. The quantitative estimate of drug-likeness (QED) is 0.352. The maximum absolute atomic E-state index is 14.3. The number of para-hydroxylation sites is 1. The lowest BCUT2D eigenvalue weighted by Crippen LogP contribution is -2.47. The first-order valence-electron chi connectivity index (χ1n) is 14.0. The van der Waals surface area contributed by atoms with E-state index in [1.165, 1.54) is 0 Å². The van der Waals surface area contributed by atoms with E-state index < -0.39 is 6.04 Å². The van der Waals surface area contributed by atoms with Gasteiger partial charge in [-0.1, -0.05) is 61.4 Å². The zero-order valence-electron chi connectivity index (χ0n) is 22.6. The van der Waals surface area contributed by atoms with Gasteiger partial charge in [-0.25, -0.2) is 4.68 Å². The van der Waals surface area contributed by atoms with E-state index in [2.05, 4.69) is 22.6 Å². The minimum Gasteiger partial charge on any atom is -0.486 e. The number of carbonyl (C=O) groups is 2. The maximum Gasteiger partial charge on any atom is 0.249 e. The summed E-state index contributed by atoms with van der Waals surface area (Å²) < 4.78 is 13.2. The Bertz CT molecular complexity index is 1510. The summed E-state index contributed by atoms with van der Waals surface area (Å²) in [5, 5.41) is 11.7. The molecule has 2 aliphatic rings. The van der Waals surface area contributed by atoms with Gasteiger partial charge >= 0.3 is 0 Å². The van der Waals surface area contributed by atoms with Gasteiger partial charge in [0.25, 0.3) is 0 Å². The first kappa shape index (κ1) is 25.9. The summed E-state index contributed by atoms with van der Waals surface area (Å²) in [6.45, 7) is 2.88. The van der Waals surface area contributed by atoms with Crippen molar-refractivity contribution in [3.05, 3.63) is 77.9 Å². The fraction of sp³-hybridized carbons (Fsp3) is 0.355. The molecule has 2 heterocycles. The molecule has 206 valence electrons. The van der Waals surface area contributed by atoms with E-state index in [1.54, 1.807) is 27.8 Å². The van der Waals surface area contributed by atoms with Gasteiger partial charge in [0.15, 0.2) is 11.5 Å². The van der Waals surface area contributed by atoms with Crippen molar-refractivity contribution in [2.24, 2.45) is 0 Å². The second-order valence-electron chi connectivity index (χ2n) is 10.3. The molecule has 40 heavy (non-hydrogen) atoms. The van der Waals surface area contributed by atoms with Crippen molar-refractivity contribution >= 4 is 28.5 Å². The topological polar surface area (TPSA) is 98.6 Å². The Balaban J connectivity index is 1.43. The standard InChI is InChI=1S/C31H33N5O4/c1-2-21-11-13-22(14-12-21)30(31(38)32-23-7-3-4-8-23)36(24-15-16-27-28(19-24)40-18-17-39-27)29(37)20-35-26-10-6-5-9-25(26)33-34-35/h5-6,9-16,19,23,30H,2-4,7-8,17-18,20H2,1H3,(H,32,38)/t30-/m1/s1. The molecule has 9 heteroatoms. The predicted octanol–water partition coefficient (Wildman–Crippen LogP) is 4.60. The summed E-state index contributed by atoms with van der Waals surface area (Å²) in [4.78, 5) is 29.9. The largest absolute Gasteiger partial charge is 0.486 e. The molecule has 1 aliphatic heterocycles. The molecule has 9 nitrogen and oxygen atoms in total. The number of nitrogens with zero attached hydrogens (tertiary/aromatic N) is 4. The number of carbonyl (C=O) groups excluding carboxylic acids is 2. The normalized spacial score (nSPS) is 15.6. The van der Waals surface area contributed by atoms with Crippen LogP contribution in [0.1, 0.15) is 49.8 Å². The molecule has 2 amide bonds. The van der Waals surface area contributed by atoms with Crippen molar-refractivity contribution in [3.63, 3.8) is 0 Å². The van der Waals surface area contributed by atoms with Crippen LogP contribution in [0.3, 0.4) is 0 Å². The van der Waals surface area contributed by atoms with Gasteiger partial charge in [-0.3, -0.25) is 14.5 Å². The van der Waals surface area contributed by atoms with Crippen LogP contribution in [0, 0.1) is 0 Å². The molecule has 1 saturated carbocycles. The summed E-state index contributed by atoms with van der Waals surface area (Å²) >= 11 is 0. The number of aromatic nitrogens is 3. The van der Waals surface area contributed by atoms with E-state index in [-0.39, 0.29) is 24.4 Å². The maximum atomic E-state index is 14.3. The van der Waals surface area contributed by atoms with Crippen LogP contribution < -0.4 is 19.7 Å². The number of anilines is 1. The number of hydrogen-bond donors (Lipinski definition) is 1. The molecule has 1 aliphatic carbocycles. The van der Waals surface area contributed by atoms with E-state index in [9.17, 15) is 9.59 Å². The van der Waals surface area contributed by atoms with Crippen molar-refractivity contribution in [2.45, 2.75) is 57.7 Å². The number of ether oxygens (including phenoxy) is 2. The second kappa shape index (κ2) is 11.4. The first-order chi connectivity index (χ1) is 19.6. The van der Waals surface area contributed by atoms with Gasteiger partial charge in [0.2, 0.25) is 11.8 Å². The van der Waals surface area contributed by atoms with Crippen LogP contribution in [-0.2, 0) is 22.6 Å². The average molecular weight is 540 g/mol. The molecule has 6 rings (SSSR count). The number of nitrogens with one attached hydrogen (secondary N) is 1. The number of fused-ring (bicyclic) bond motifs is 2. The minimum absolute atomic E-state index is 0.0881. The van der Waals surface area contributed by atoms with Crippen molar-refractivity contribution in [1.82, 2.24) is 20.3 Å².